The number of azo groups is 1. The van der Waals surface area contributed by atoms with Crippen molar-refractivity contribution in [2.45, 2.75) is 6.92 Å². The van der Waals surface area contributed by atoms with Crippen LogP contribution in [0.5, 0.6) is 0 Å². The molecule has 0 spiro atoms. The number of hydrogen-bond donors (Lipinski definition) is 1. The van der Waals surface area contributed by atoms with Crippen LogP contribution < -0.4 is 14.8 Å². The largest absolute Gasteiger partial charge is 0.408 e. The van der Waals surface area contributed by atoms with Gasteiger partial charge in [0.15, 0.2) is 0 Å². The van der Waals surface area contributed by atoms with E-state index in [0.29, 0.717) is 0 Å². The van der Waals surface area contributed by atoms with E-state index < -0.39 is 0 Å². The fourth-order valence-electron chi connectivity index (χ4n) is 2.29. The smallest absolute Gasteiger partial charge is 0.369 e. The number of nitrogens with one attached hydrogen (secondary N) is 1. The van der Waals surface area contributed by atoms with Crippen LogP contribution in [0.25, 0.3) is 0 Å². The summed E-state index contributed by atoms with van der Waals surface area (Å²) in [6.07, 6.45) is 0. The van der Waals surface area contributed by atoms with Gasteiger partial charge in [-0.05, 0) is 47.6 Å². The van der Waals surface area contributed by atoms with Gasteiger partial charge in [-0.15, -0.1) is 0 Å². The minimum atomic E-state index is 0.889. The number of thiazole rings is 1. The zero-order valence-corrected chi connectivity index (χ0v) is 13.2. The fraction of sp³-hybridized carbons (Fsp3) is 0.400. The lowest BCUT2D eigenvalue weighted by molar-refractivity contribution is -0.660. The number of aromatic nitrogens is 1. The molecule has 1 aliphatic heterocycles. The highest BCUT2D eigenvalue weighted by molar-refractivity contribution is 7.12. The molecule has 1 aromatic heterocycles. The van der Waals surface area contributed by atoms with E-state index in [2.05, 4.69) is 44.9 Å². The maximum Gasteiger partial charge on any atom is 0.408 e. The molecule has 1 aromatic carbocycles. The fourth-order valence-corrected chi connectivity index (χ4v) is 3.12. The highest BCUT2D eigenvalue weighted by atomic mass is 32.1. The number of piperazine rings is 1. The maximum atomic E-state index is 4.32. The van der Waals surface area contributed by atoms with Gasteiger partial charge in [0.25, 0.3) is 0 Å². The molecule has 2 heterocycles. The Balaban J connectivity index is 1.70. The van der Waals surface area contributed by atoms with Crippen molar-refractivity contribution in [1.82, 2.24) is 5.32 Å². The van der Waals surface area contributed by atoms with Gasteiger partial charge in [0.2, 0.25) is 0 Å². The third-order valence-corrected chi connectivity index (χ3v) is 4.76. The number of anilines is 1. The van der Waals surface area contributed by atoms with Gasteiger partial charge < -0.3 is 10.2 Å². The van der Waals surface area contributed by atoms with Gasteiger partial charge in [0.05, 0.1) is 12.2 Å². The molecular weight excluding hydrogens is 282 g/mol. The molecule has 0 saturated carbocycles. The van der Waals surface area contributed by atoms with Gasteiger partial charge >= 0.3 is 5.13 Å². The van der Waals surface area contributed by atoms with Crippen LogP contribution in [0, 0.1) is 6.92 Å². The van der Waals surface area contributed by atoms with Crippen LogP contribution in [-0.4, -0.2) is 26.2 Å². The molecule has 110 valence electrons. The lowest BCUT2D eigenvalue weighted by Gasteiger charge is -2.29. The molecule has 1 N–H and O–H groups in total. The van der Waals surface area contributed by atoms with Crippen molar-refractivity contribution in [3.8, 4) is 0 Å². The molecule has 3 rings (SSSR count). The molecule has 1 saturated heterocycles. The van der Waals surface area contributed by atoms with Gasteiger partial charge in [-0.2, -0.15) is 0 Å². The SMILES string of the molecule is Cc1csc(/N=N/c2ccc(N3CCNCC3)cc2)[n+]1C. The lowest BCUT2D eigenvalue weighted by Crippen LogP contribution is -2.43. The van der Waals surface area contributed by atoms with E-state index in [1.165, 1.54) is 11.4 Å². The lowest BCUT2D eigenvalue weighted by atomic mass is 10.2. The van der Waals surface area contributed by atoms with Gasteiger partial charge in [0, 0.05) is 37.2 Å². The molecule has 1 aliphatic rings. The summed E-state index contributed by atoms with van der Waals surface area (Å²) in [6, 6.07) is 8.31. The summed E-state index contributed by atoms with van der Waals surface area (Å²) < 4.78 is 2.04. The third kappa shape index (κ3) is 3.28. The van der Waals surface area contributed by atoms with Crippen LogP contribution >= 0.6 is 11.3 Å². The number of benzene rings is 1. The van der Waals surface area contributed by atoms with E-state index in [1.807, 2.05) is 23.7 Å². The molecule has 0 bridgehead atoms. The summed E-state index contributed by atoms with van der Waals surface area (Å²) >= 11 is 1.61. The second-order valence-corrected chi connectivity index (χ2v) is 6.01. The van der Waals surface area contributed by atoms with Crippen molar-refractivity contribution in [2.24, 2.45) is 17.3 Å². The molecule has 0 aliphatic carbocycles. The van der Waals surface area contributed by atoms with Crippen molar-refractivity contribution < 1.29 is 4.57 Å². The summed E-state index contributed by atoms with van der Waals surface area (Å²) in [4.78, 5) is 2.39. The molecular formula is C15H20N5S+. The average Bonchev–Trinajstić information content (AvgIpc) is 2.86. The molecule has 0 atom stereocenters. The second-order valence-electron chi connectivity index (χ2n) is 5.17. The van der Waals surface area contributed by atoms with Crippen molar-refractivity contribution >= 4 is 27.8 Å². The van der Waals surface area contributed by atoms with E-state index >= 15 is 0 Å². The van der Waals surface area contributed by atoms with Crippen LogP contribution in [0.1, 0.15) is 5.69 Å². The first-order valence-corrected chi connectivity index (χ1v) is 8.03. The highest BCUT2D eigenvalue weighted by Gasteiger charge is 2.12. The van der Waals surface area contributed by atoms with Gasteiger partial charge in [0.1, 0.15) is 11.4 Å². The van der Waals surface area contributed by atoms with E-state index in [1.54, 1.807) is 11.3 Å². The van der Waals surface area contributed by atoms with Gasteiger partial charge in [-0.3, -0.25) is 0 Å². The Morgan fingerprint density at radius 3 is 2.48 bits per heavy atom. The predicted molar refractivity (Wildman–Crippen MR) is 85.9 cm³/mol. The molecule has 5 nitrogen and oxygen atoms in total. The van der Waals surface area contributed by atoms with Crippen LogP contribution in [0.2, 0.25) is 0 Å². The first-order valence-electron chi connectivity index (χ1n) is 7.15. The molecule has 21 heavy (non-hydrogen) atoms. The Bertz CT molecular complexity index is 626. The first-order chi connectivity index (χ1) is 10.2. The van der Waals surface area contributed by atoms with Crippen LogP contribution in [0.3, 0.4) is 0 Å². The summed E-state index contributed by atoms with van der Waals surface area (Å²) in [5.41, 5.74) is 3.34. The van der Waals surface area contributed by atoms with Crippen molar-refractivity contribution in [3.05, 3.63) is 35.3 Å². The minimum absolute atomic E-state index is 0.889. The Kier molecular flexibility index (Phi) is 4.26. The quantitative estimate of drug-likeness (QED) is 0.700. The number of aryl methyl sites for hydroxylation is 1. The molecule has 0 radical (unpaired) electrons. The van der Waals surface area contributed by atoms with E-state index in [0.717, 1.165) is 37.0 Å². The van der Waals surface area contributed by atoms with Crippen LogP contribution in [0.4, 0.5) is 16.5 Å². The Morgan fingerprint density at radius 2 is 1.86 bits per heavy atom. The zero-order chi connectivity index (χ0) is 14.7. The number of rotatable bonds is 3. The predicted octanol–water partition coefficient (Wildman–Crippen LogP) is 2.71. The number of hydrogen-bond acceptors (Lipinski definition) is 5. The second kappa shape index (κ2) is 6.32. The summed E-state index contributed by atoms with van der Waals surface area (Å²) in [7, 11) is 2.01. The summed E-state index contributed by atoms with van der Waals surface area (Å²) in [6.45, 7) is 6.29. The monoisotopic (exact) mass is 302 g/mol. The maximum absolute atomic E-state index is 4.32. The van der Waals surface area contributed by atoms with E-state index in [9.17, 15) is 0 Å². The van der Waals surface area contributed by atoms with Crippen molar-refractivity contribution in [2.75, 3.05) is 31.1 Å². The van der Waals surface area contributed by atoms with Crippen LogP contribution in [0.15, 0.2) is 39.9 Å². The molecule has 1 fully saturated rings. The van der Waals surface area contributed by atoms with Gasteiger partial charge in [-0.1, -0.05) is 0 Å². The summed E-state index contributed by atoms with van der Waals surface area (Å²) in [5.74, 6) is 0. The van der Waals surface area contributed by atoms with E-state index in [-0.39, 0.29) is 0 Å². The van der Waals surface area contributed by atoms with E-state index in [4.69, 9.17) is 0 Å². The van der Waals surface area contributed by atoms with Crippen molar-refractivity contribution in [3.63, 3.8) is 0 Å². The Hall–Kier alpha value is -1.79. The highest BCUT2D eigenvalue weighted by Crippen LogP contribution is 2.23. The third-order valence-electron chi connectivity index (χ3n) is 3.73. The Labute approximate surface area is 128 Å². The normalized spacial score (nSPS) is 15.8. The van der Waals surface area contributed by atoms with Crippen LogP contribution in [-0.2, 0) is 7.05 Å². The minimum Gasteiger partial charge on any atom is -0.369 e. The zero-order valence-electron chi connectivity index (χ0n) is 12.4. The topological polar surface area (TPSA) is 43.9 Å². The molecule has 0 amide bonds. The molecule has 0 unspecified atom stereocenters. The van der Waals surface area contributed by atoms with Crippen molar-refractivity contribution in [1.29, 1.82) is 0 Å². The molecule has 6 heteroatoms. The number of nitrogens with zero attached hydrogens (tertiary/aromatic N) is 4. The first kappa shape index (κ1) is 14.2. The molecule has 2 aromatic rings. The summed E-state index contributed by atoms with van der Waals surface area (Å²) in [5, 5.41) is 15.0. The average molecular weight is 302 g/mol. The van der Waals surface area contributed by atoms with Gasteiger partial charge in [-0.25, -0.2) is 4.57 Å². The Morgan fingerprint density at radius 1 is 1.14 bits per heavy atom. The standard InChI is InChI=1S/C15H20N5S/c1-12-11-21-15(19(12)2)18-17-13-3-5-14(6-4-13)20-9-7-16-8-10-20/h3-6,11,16H,7-10H2,1-2H3/q+1.